The first kappa shape index (κ1) is 9.23. The molecule has 0 radical (unpaired) electrons. The summed E-state index contributed by atoms with van der Waals surface area (Å²) in [6.07, 6.45) is 4.37. The standard InChI is InChI=1S/C9H15NO2/c11-8-4-1-2-6-9(12)10-7-3-5-8/h1-7H2,(H,10,12). The van der Waals surface area contributed by atoms with Crippen molar-refractivity contribution in [1.29, 1.82) is 0 Å². The quantitative estimate of drug-likeness (QED) is 0.588. The van der Waals surface area contributed by atoms with Crippen LogP contribution in [0.1, 0.15) is 38.5 Å². The lowest BCUT2D eigenvalue weighted by Crippen LogP contribution is -2.25. The Kier molecular flexibility index (Phi) is 3.77. The molecule has 1 N–H and O–H groups in total. The Morgan fingerprint density at radius 3 is 2.42 bits per heavy atom. The summed E-state index contributed by atoms with van der Waals surface area (Å²) in [4.78, 5) is 22.1. The maximum absolute atomic E-state index is 11.1. The molecule has 0 aromatic carbocycles. The minimum atomic E-state index is 0.129. The largest absolute Gasteiger partial charge is 0.356 e. The number of Topliss-reactive ketones (excluding diaryl/α,β-unsaturated/α-hetero) is 1. The molecule has 0 atom stereocenters. The van der Waals surface area contributed by atoms with Crippen LogP contribution in [0.15, 0.2) is 0 Å². The van der Waals surface area contributed by atoms with Gasteiger partial charge in [-0.25, -0.2) is 0 Å². The molecule has 0 saturated carbocycles. The van der Waals surface area contributed by atoms with Crippen LogP contribution in [0.2, 0.25) is 0 Å². The van der Waals surface area contributed by atoms with Gasteiger partial charge in [-0.15, -0.1) is 0 Å². The number of ketones is 1. The lowest BCUT2D eigenvalue weighted by atomic mass is 10.1. The highest BCUT2D eigenvalue weighted by atomic mass is 16.1. The first-order chi connectivity index (χ1) is 5.79. The Morgan fingerprint density at radius 2 is 1.58 bits per heavy atom. The Balaban J connectivity index is 2.29. The molecule has 0 aromatic rings. The third kappa shape index (κ3) is 3.51. The molecule has 0 unspecified atom stereocenters. The van der Waals surface area contributed by atoms with Crippen molar-refractivity contribution in [2.45, 2.75) is 38.5 Å². The molecule has 1 aliphatic rings. The zero-order valence-electron chi connectivity index (χ0n) is 7.27. The second-order valence-electron chi connectivity index (χ2n) is 3.20. The second-order valence-corrected chi connectivity index (χ2v) is 3.20. The summed E-state index contributed by atoms with van der Waals surface area (Å²) >= 11 is 0. The highest BCUT2D eigenvalue weighted by molar-refractivity contribution is 5.79. The molecule has 68 valence electrons. The minimum Gasteiger partial charge on any atom is -0.356 e. The summed E-state index contributed by atoms with van der Waals surface area (Å²) in [5.74, 6) is 0.468. The molecule has 3 nitrogen and oxygen atoms in total. The first-order valence-electron chi connectivity index (χ1n) is 4.57. The normalized spacial score (nSPS) is 21.7. The Labute approximate surface area is 72.5 Å². The molecular formula is C9H15NO2. The van der Waals surface area contributed by atoms with E-state index in [0.29, 0.717) is 31.6 Å². The molecule has 1 rings (SSSR count). The number of hydrogen-bond donors (Lipinski definition) is 1. The van der Waals surface area contributed by atoms with Crippen LogP contribution in [0, 0.1) is 0 Å². The highest BCUT2D eigenvalue weighted by Gasteiger charge is 2.07. The van der Waals surface area contributed by atoms with Crippen LogP contribution in [0.3, 0.4) is 0 Å². The molecule has 1 heterocycles. The number of carbonyl (C=O) groups is 2. The van der Waals surface area contributed by atoms with Crippen LogP contribution in [0.25, 0.3) is 0 Å². The van der Waals surface area contributed by atoms with Crippen molar-refractivity contribution < 1.29 is 9.59 Å². The Morgan fingerprint density at radius 1 is 0.917 bits per heavy atom. The maximum atomic E-state index is 11.1. The van der Waals surface area contributed by atoms with Crippen LogP contribution in [0.4, 0.5) is 0 Å². The summed E-state index contributed by atoms with van der Waals surface area (Å²) < 4.78 is 0. The van der Waals surface area contributed by atoms with Gasteiger partial charge in [-0.1, -0.05) is 0 Å². The fourth-order valence-corrected chi connectivity index (χ4v) is 1.33. The predicted molar refractivity (Wildman–Crippen MR) is 45.7 cm³/mol. The van der Waals surface area contributed by atoms with Crippen LogP contribution < -0.4 is 5.32 Å². The van der Waals surface area contributed by atoms with Gasteiger partial charge in [0.25, 0.3) is 0 Å². The van der Waals surface area contributed by atoms with Gasteiger partial charge in [-0.05, 0) is 19.3 Å². The van der Waals surface area contributed by atoms with Gasteiger partial charge < -0.3 is 5.32 Å². The van der Waals surface area contributed by atoms with Gasteiger partial charge in [-0.2, -0.15) is 0 Å². The van der Waals surface area contributed by atoms with E-state index in [2.05, 4.69) is 5.32 Å². The van der Waals surface area contributed by atoms with E-state index in [0.717, 1.165) is 19.3 Å². The summed E-state index contributed by atoms with van der Waals surface area (Å²) in [5, 5.41) is 2.78. The summed E-state index contributed by atoms with van der Waals surface area (Å²) in [6, 6.07) is 0. The van der Waals surface area contributed by atoms with E-state index in [9.17, 15) is 9.59 Å². The van der Waals surface area contributed by atoms with Crippen molar-refractivity contribution in [2.24, 2.45) is 0 Å². The molecule has 0 bridgehead atoms. The van der Waals surface area contributed by atoms with E-state index in [1.165, 1.54) is 0 Å². The van der Waals surface area contributed by atoms with Crippen molar-refractivity contribution in [3.63, 3.8) is 0 Å². The average molecular weight is 169 g/mol. The fourth-order valence-electron chi connectivity index (χ4n) is 1.33. The van der Waals surface area contributed by atoms with Crippen LogP contribution >= 0.6 is 0 Å². The maximum Gasteiger partial charge on any atom is 0.219 e. The molecule has 3 heteroatoms. The number of hydrogen-bond acceptors (Lipinski definition) is 2. The van der Waals surface area contributed by atoms with Gasteiger partial charge in [0.1, 0.15) is 5.78 Å². The van der Waals surface area contributed by atoms with Gasteiger partial charge in [-0.3, -0.25) is 9.59 Å². The molecule has 12 heavy (non-hydrogen) atoms. The molecule has 1 aliphatic heterocycles. The third-order valence-electron chi connectivity index (χ3n) is 2.06. The van der Waals surface area contributed by atoms with E-state index in [4.69, 9.17) is 0 Å². The van der Waals surface area contributed by atoms with Crippen LogP contribution in [0.5, 0.6) is 0 Å². The zero-order valence-corrected chi connectivity index (χ0v) is 7.27. The van der Waals surface area contributed by atoms with Gasteiger partial charge in [0, 0.05) is 25.8 Å². The van der Waals surface area contributed by atoms with Crippen molar-refractivity contribution in [2.75, 3.05) is 6.54 Å². The SMILES string of the molecule is O=C1CCCCC(=O)NCCC1. The number of amides is 1. The molecule has 1 saturated heterocycles. The smallest absolute Gasteiger partial charge is 0.219 e. The Hall–Kier alpha value is -0.860. The molecule has 0 spiro atoms. The van der Waals surface area contributed by atoms with Gasteiger partial charge in [0.2, 0.25) is 5.91 Å². The van der Waals surface area contributed by atoms with E-state index in [-0.39, 0.29) is 5.91 Å². The molecule has 0 aliphatic carbocycles. The van der Waals surface area contributed by atoms with Crippen molar-refractivity contribution in [3.8, 4) is 0 Å². The first-order valence-corrected chi connectivity index (χ1v) is 4.57. The van der Waals surface area contributed by atoms with E-state index >= 15 is 0 Å². The van der Waals surface area contributed by atoms with Gasteiger partial charge in [0.05, 0.1) is 0 Å². The molecule has 0 aromatic heterocycles. The topological polar surface area (TPSA) is 46.2 Å². The number of nitrogens with one attached hydrogen (secondary N) is 1. The lowest BCUT2D eigenvalue weighted by molar-refractivity contribution is -0.123. The highest BCUT2D eigenvalue weighted by Crippen LogP contribution is 2.05. The van der Waals surface area contributed by atoms with Crippen molar-refractivity contribution in [1.82, 2.24) is 5.32 Å². The third-order valence-corrected chi connectivity index (χ3v) is 2.06. The van der Waals surface area contributed by atoms with Gasteiger partial charge >= 0.3 is 0 Å². The second kappa shape index (κ2) is 4.91. The van der Waals surface area contributed by atoms with Crippen molar-refractivity contribution in [3.05, 3.63) is 0 Å². The monoisotopic (exact) mass is 169 g/mol. The van der Waals surface area contributed by atoms with E-state index in [1.807, 2.05) is 0 Å². The number of rotatable bonds is 0. The fraction of sp³-hybridized carbons (Fsp3) is 0.778. The van der Waals surface area contributed by atoms with Crippen molar-refractivity contribution >= 4 is 11.7 Å². The lowest BCUT2D eigenvalue weighted by Gasteiger charge is -2.07. The molecular weight excluding hydrogens is 154 g/mol. The zero-order chi connectivity index (χ0) is 8.81. The van der Waals surface area contributed by atoms with Crippen LogP contribution in [-0.2, 0) is 9.59 Å². The van der Waals surface area contributed by atoms with Crippen LogP contribution in [-0.4, -0.2) is 18.2 Å². The summed E-state index contributed by atoms with van der Waals surface area (Å²) in [6.45, 7) is 0.657. The summed E-state index contributed by atoms with van der Waals surface area (Å²) in [5.41, 5.74) is 0. The Bertz CT molecular complexity index is 141. The minimum absolute atomic E-state index is 0.129. The molecule has 1 fully saturated rings. The molecule has 1 amide bonds. The van der Waals surface area contributed by atoms with E-state index < -0.39 is 0 Å². The average Bonchev–Trinajstić information content (AvgIpc) is 2.06. The predicted octanol–water partition coefficient (Wildman–Crippen LogP) is 1.03. The number of carbonyl (C=O) groups excluding carboxylic acids is 2. The van der Waals surface area contributed by atoms with E-state index in [1.54, 1.807) is 0 Å². The van der Waals surface area contributed by atoms with Gasteiger partial charge in [0.15, 0.2) is 0 Å². The summed E-state index contributed by atoms with van der Waals surface area (Å²) in [7, 11) is 0.